The number of nitro groups is 1. The number of nitrogens with zero attached hydrogens (tertiary/aromatic N) is 2. The Morgan fingerprint density at radius 2 is 1.97 bits per heavy atom. The minimum Gasteiger partial charge on any atom is -0.490 e. The van der Waals surface area contributed by atoms with Crippen molar-refractivity contribution in [2.24, 2.45) is 4.99 Å². The van der Waals surface area contributed by atoms with Gasteiger partial charge in [0.25, 0.3) is 11.6 Å². The van der Waals surface area contributed by atoms with Crippen LogP contribution in [-0.4, -0.2) is 22.6 Å². The Hall–Kier alpha value is -4.08. The molecule has 200 valence electrons. The summed E-state index contributed by atoms with van der Waals surface area (Å²) >= 11 is 7.44. The van der Waals surface area contributed by atoms with Crippen molar-refractivity contribution in [1.82, 2.24) is 5.32 Å². The molecule has 1 amide bonds. The molecule has 1 fully saturated rings. The van der Waals surface area contributed by atoms with E-state index in [-0.39, 0.29) is 18.2 Å². The zero-order chi connectivity index (χ0) is 27.9. The Morgan fingerprint density at radius 3 is 2.72 bits per heavy atom. The third kappa shape index (κ3) is 6.87. The quantitative estimate of drug-likeness (QED) is 0.121. The van der Waals surface area contributed by atoms with Crippen LogP contribution in [-0.2, 0) is 17.8 Å². The van der Waals surface area contributed by atoms with Crippen LogP contribution in [0.5, 0.6) is 11.5 Å². The van der Waals surface area contributed by atoms with Crippen LogP contribution in [0.25, 0.3) is 6.08 Å². The number of amidine groups is 1. The average Bonchev–Trinajstić information content (AvgIpc) is 3.25. The van der Waals surface area contributed by atoms with E-state index in [0.29, 0.717) is 50.9 Å². The van der Waals surface area contributed by atoms with Crippen LogP contribution in [0.4, 0.5) is 11.4 Å². The van der Waals surface area contributed by atoms with Crippen LogP contribution in [0.15, 0.2) is 77.1 Å². The van der Waals surface area contributed by atoms with E-state index in [9.17, 15) is 14.9 Å². The third-order valence-electron chi connectivity index (χ3n) is 5.73. The molecule has 1 saturated heterocycles. The van der Waals surface area contributed by atoms with E-state index in [1.54, 1.807) is 36.4 Å². The molecule has 10 heteroatoms. The molecule has 0 saturated carbocycles. The van der Waals surface area contributed by atoms with E-state index < -0.39 is 4.92 Å². The standard InChI is InChI=1S/C29H26ClN3O5S/c1-4-8-21-13-20(16-26-28(34)32-29(39-26)31-24-12-7-11-23(30)18(24)3)15-25(37-5-2)27(21)38-17-19-9-6-10-22(14-19)33(35)36/h4,6-7,9-16H,1,5,8,17H2,2-3H3,(H,31,32,34)/b26-16+. The summed E-state index contributed by atoms with van der Waals surface area (Å²) in [5.74, 6) is 0.765. The van der Waals surface area contributed by atoms with Crippen LogP contribution in [0.3, 0.4) is 0 Å². The predicted molar refractivity (Wildman–Crippen MR) is 156 cm³/mol. The fourth-order valence-electron chi connectivity index (χ4n) is 3.87. The van der Waals surface area contributed by atoms with Crippen LogP contribution in [0, 0.1) is 17.0 Å². The summed E-state index contributed by atoms with van der Waals surface area (Å²) in [5.41, 5.74) is 3.72. The van der Waals surface area contributed by atoms with Gasteiger partial charge in [0, 0.05) is 22.7 Å². The normalized spacial score (nSPS) is 14.9. The highest BCUT2D eigenvalue weighted by Crippen LogP contribution is 2.37. The van der Waals surface area contributed by atoms with Crippen molar-refractivity contribution in [1.29, 1.82) is 0 Å². The van der Waals surface area contributed by atoms with Gasteiger partial charge in [-0.15, -0.1) is 6.58 Å². The maximum absolute atomic E-state index is 12.7. The minimum atomic E-state index is -0.440. The number of benzene rings is 3. The number of hydrogen-bond donors (Lipinski definition) is 1. The summed E-state index contributed by atoms with van der Waals surface area (Å²) in [4.78, 5) is 28.5. The molecule has 0 bridgehead atoms. The predicted octanol–water partition coefficient (Wildman–Crippen LogP) is 7.15. The van der Waals surface area contributed by atoms with Crippen LogP contribution in [0.2, 0.25) is 5.02 Å². The average molecular weight is 564 g/mol. The van der Waals surface area contributed by atoms with Gasteiger partial charge in [0.05, 0.1) is 22.1 Å². The molecule has 1 aliphatic heterocycles. The number of non-ortho nitro benzene ring substituents is 1. The van der Waals surface area contributed by atoms with Gasteiger partial charge in [-0.3, -0.25) is 14.9 Å². The highest BCUT2D eigenvalue weighted by molar-refractivity contribution is 8.18. The first kappa shape index (κ1) is 27.9. The molecule has 1 aliphatic rings. The van der Waals surface area contributed by atoms with Crippen molar-refractivity contribution >= 4 is 51.9 Å². The lowest BCUT2D eigenvalue weighted by Gasteiger charge is -2.17. The summed E-state index contributed by atoms with van der Waals surface area (Å²) in [6, 6.07) is 15.4. The minimum absolute atomic E-state index is 0.00445. The number of ether oxygens (including phenoxy) is 2. The first-order valence-corrected chi connectivity index (χ1v) is 13.3. The van der Waals surface area contributed by atoms with E-state index >= 15 is 0 Å². The van der Waals surface area contributed by atoms with Crippen molar-refractivity contribution < 1.29 is 19.2 Å². The second-order valence-corrected chi connectivity index (χ2v) is 9.95. The largest absolute Gasteiger partial charge is 0.490 e. The monoisotopic (exact) mass is 563 g/mol. The Balaban J connectivity index is 1.63. The molecule has 0 atom stereocenters. The number of halogens is 1. The molecule has 1 heterocycles. The molecular formula is C29H26ClN3O5S. The molecule has 0 aliphatic carbocycles. The highest BCUT2D eigenvalue weighted by Gasteiger charge is 2.25. The second-order valence-electron chi connectivity index (χ2n) is 8.51. The number of aliphatic imine (C=N–C) groups is 1. The Bertz CT molecular complexity index is 1500. The number of rotatable bonds is 10. The van der Waals surface area contributed by atoms with Gasteiger partial charge < -0.3 is 14.8 Å². The number of thioether (sulfide) groups is 1. The first-order chi connectivity index (χ1) is 18.8. The topological polar surface area (TPSA) is 103 Å². The molecule has 0 unspecified atom stereocenters. The summed E-state index contributed by atoms with van der Waals surface area (Å²) in [5, 5.41) is 15.0. The van der Waals surface area contributed by atoms with Crippen molar-refractivity contribution in [3.05, 3.63) is 110 Å². The van der Waals surface area contributed by atoms with Crippen molar-refractivity contribution in [2.45, 2.75) is 26.9 Å². The molecular weight excluding hydrogens is 538 g/mol. The van der Waals surface area contributed by atoms with Gasteiger partial charge in [-0.1, -0.05) is 35.9 Å². The summed E-state index contributed by atoms with van der Waals surface area (Å²) in [6.07, 6.45) is 4.01. The van der Waals surface area contributed by atoms with E-state index in [4.69, 9.17) is 21.1 Å². The fraction of sp³-hybridized carbons (Fsp3) is 0.172. The number of nitro benzene ring substituents is 1. The number of hydrogen-bond acceptors (Lipinski definition) is 7. The van der Waals surface area contributed by atoms with Crippen molar-refractivity contribution in [3.63, 3.8) is 0 Å². The lowest BCUT2D eigenvalue weighted by molar-refractivity contribution is -0.384. The molecule has 0 radical (unpaired) electrons. The third-order valence-corrected chi connectivity index (χ3v) is 7.05. The van der Waals surface area contributed by atoms with Crippen molar-refractivity contribution in [2.75, 3.05) is 6.61 Å². The van der Waals surface area contributed by atoms with Gasteiger partial charge >= 0.3 is 0 Å². The number of nitrogens with one attached hydrogen (secondary N) is 1. The molecule has 4 rings (SSSR count). The van der Waals surface area contributed by atoms with E-state index in [1.807, 2.05) is 32.0 Å². The summed E-state index contributed by atoms with van der Waals surface area (Å²) in [6.45, 7) is 8.10. The van der Waals surface area contributed by atoms with Crippen LogP contribution >= 0.6 is 23.4 Å². The van der Waals surface area contributed by atoms with E-state index in [2.05, 4.69) is 16.9 Å². The molecule has 3 aromatic carbocycles. The Kier molecular flexibility index (Phi) is 9.06. The maximum Gasteiger partial charge on any atom is 0.269 e. The van der Waals surface area contributed by atoms with Gasteiger partial charge in [-0.05, 0) is 79.1 Å². The second kappa shape index (κ2) is 12.6. The van der Waals surface area contributed by atoms with Gasteiger partial charge in [0.15, 0.2) is 16.7 Å². The highest BCUT2D eigenvalue weighted by atomic mass is 35.5. The van der Waals surface area contributed by atoms with Gasteiger partial charge in [0.1, 0.15) is 6.61 Å². The molecule has 39 heavy (non-hydrogen) atoms. The SMILES string of the molecule is C=CCc1cc(/C=C2/SC(=Nc3cccc(Cl)c3C)NC2=O)cc(OCC)c1OCc1cccc([N+](=O)[O-])c1. The number of carbonyl (C=O) groups excluding carboxylic acids is 1. The maximum atomic E-state index is 12.7. The lowest BCUT2D eigenvalue weighted by Crippen LogP contribution is -2.19. The van der Waals surface area contributed by atoms with E-state index in [1.165, 1.54) is 23.9 Å². The fourth-order valence-corrected chi connectivity index (χ4v) is 4.88. The summed E-state index contributed by atoms with van der Waals surface area (Å²) < 4.78 is 12.0. The number of allylic oxidation sites excluding steroid dienone is 1. The Morgan fingerprint density at radius 1 is 1.18 bits per heavy atom. The smallest absolute Gasteiger partial charge is 0.269 e. The van der Waals surface area contributed by atoms with Crippen LogP contribution < -0.4 is 14.8 Å². The lowest BCUT2D eigenvalue weighted by atomic mass is 10.0. The van der Waals surface area contributed by atoms with Crippen molar-refractivity contribution in [3.8, 4) is 11.5 Å². The number of amides is 1. The first-order valence-electron chi connectivity index (χ1n) is 12.1. The van der Waals surface area contributed by atoms with Crippen LogP contribution in [0.1, 0.15) is 29.2 Å². The molecule has 0 spiro atoms. The summed E-state index contributed by atoms with van der Waals surface area (Å²) in [7, 11) is 0. The van der Waals surface area contributed by atoms with Gasteiger partial charge in [-0.2, -0.15) is 0 Å². The molecule has 3 aromatic rings. The molecule has 8 nitrogen and oxygen atoms in total. The Labute approximate surface area is 235 Å². The molecule has 0 aromatic heterocycles. The van der Waals surface area contributed by atoms with E-state index in [0.717, 1.165) is 16.7 Å². The molecule has 1 N–H and O–H groups in total. The van der Waals surface area contributed by atoms with Gasteiger partial charge in [0.2, 0.25) is 0 Å². The number of carbonyl (C=O) groups is 1. The zero-order valence-corrected chi connectivity index (χ0v) is 23.0. The van der Waals surface area contributed by atoms with Gasteiger partial charge in [-0.25, -0.2) is 4.99 Å². The zero-order valence-electron chi connectivity index (χ0n) is 21.4.